The molecule has 1 aliphatic rings. The summed E-state index contributed by atoms with van der Waals surface area (Å²) in [6.45, 7) is 6.33. The number of fused-ring (bicyclic) bond motifs is 1. The number of carbonyl (C=O) groups is 1. The molecule has 3 atom stereocenters. The van der Waals surface area contributed by atoms with Crippen molar-refractivity contribution in [3.05, 3.63) is 24.3 Å². The van der Waals surface area contributed by atoms with Gasteiger partial charge in [-0.2, -0.15) is 0 Å². The summed E-state index contributed by atoms with van der Waals surface area (Å²) >= 11 is 0. The van der Waals surface area contributed by atoms with Gasteiger partial charge >= 0.3 is 0 Å². The maximum absolute atomic E-state index is 12.0. The van der Waals surface area contributed by atoms with Crippen molar-refractivity contribution < 1.29 is 19.4 Å². The van der Waals surface area contributed by atoms with Gasteiger partial charge in [0.15, 0.2) is 17.6 Å². The number of para-hydroxylation sites is 2. The van der Waals surface area contributed by atoms with Gasteiger partial charge in [0, 0.05) is 12.6 Å². The van der Waals surface area contributed by atoms with Crippen LogP contribution in [0.3, 0.4) is 0 Å². The van der Waals surface area contributed by atoms with E-state index in [2.05, 4.69) is 10.6 Å². The molecule has 2 rings (SSSR count). The van der Waals surface area contributed by atoms with E-state index in [4.69, 9.17) is 9.47 Å². The van der Waals surface area contributed by atoms with Crippen LogP contribution in [0.2, 0.25) is 0 Å². The van der Waals surface area contributed by atoms with Gasteiger partial charge in [-0.15, -0.1) is 0 Å². The van der Waals surface area contributed by atoms with Crippen LogP contribution in [0.15, 0.2) is 24.3 Å². The van der Waals surface area contributed by atoms with Gasteiger partial charge in [-0.05, 0) is 19.1 Å². The van der Waals surface area contributed by atoms with Gasteiger partial charge in [-0.3, -0.25) is 4.79 Å². The molecular formula is C16H24N2O4. The van der Waals surface area contributed by atoms with Crippen molar-refractivity contribution in [1.82, 2.24) is 10.6 Å². The molecule has 1 amide bonds. The molecule has 0 bridgehead atoms. The summed E-state index contributed by atoms with van der Waals surface area (Å²) in [7, 11) is 0. The first-order valence-electron chi connectivity index (χ1n) is 7.57. The van der Waals surface area contributed by atoms with Gasteiger partial charge in [0.1, 0.15) is 12.7 Å². The number of ether oxygens (including phenoxy) is 2. The van der Waals surface area contributed by atoms with Gasteiger partial charge in [-0.25, -0.2) is 0 Å². The molecule has 22 heavy (non-hydrogen) atoms. The predicted molar refractivity (Wildman–Crippen MR) is 83.1 cm³/mol. The van der Waals surface area contributed by atoms with Crippen molar-refractivity contribution in [2.24, 2.45) is 0 Å². The van der Waals surface area contributed by atoms with Crippen LogP contribution in [-0.2, 0) is 4.79 Å². The zero-order chi connectivity index (χ0) is 16.1. The fourth-order valence-electron chi connectivity index (χ4n) is 2.14. The highest BCUT2D eigenvalue weighted by Crippen LogP contribution is 2.31. The number of carbonyl (C=O) groups excluding carboxylic acids is 1. The number of aliphatic hydroxyl groups is 1. The van der Waals surface area contributed by atoms with Gasteiger partial charge in [0.25, 0.3) is 5.91 Å². The quantitative estimate of drug-likeness (QED) is 0.720. The first-order valence-corrected chi connectivity index (χ1v) is 7.57. The van der Waals surface area contributed by atoms with Gasteiger partial charge < -0.3 is 25.2 Å². The highest BCUT2D eigenvalue weighted by atomic mass is 16.6. The van der Waals surface area contributed by atoms with Crippen LogP contribution < -0.4 is 20.1 Å². The first-order chi connectivity index (χ1) is 10.5. The average Bonchev–Trinajstić information content (AvgIpc) is 2.51. The van der Waals surface area contributed by atoms with Crippen LogP contribution in [0.25, 0.3) is 0 Å². The molecule has 1 aliphatic heterocycles. The highest BCUT2D eigenvalue weighted by Gasteiger charge is 2.28. The molecule has 1 heterocycles. The molecule has 0 fully saturated rings. The fraction of sp³-hybridized carbons (Fsp3) is 0.562. The fourth-order valence-corrected chi connectivity index (χ4v) is 2.14. The molecule has 0 saturated heterocycles. The summed E-state index contributed by atoms with van der Waals surface area (Å²) in [5.74, 6) is 0.962. The minimum absolute atomic E-state index is 0.214. The summed E-state index contributed by atoms with van der Waals surface area (Å²) in [6.07, 6.45) is -1.37. The molecule has 1 aromatic rings. The number of hydrogen-bond acceptors (Lipinski definition) is 5. The third-order valence-electron chi connectivity index (χ3n) is 3.48. The van der Waals surface area contributed by atoms with Crippen LogP contribution in [-0.4, -0.2) is 48.5 Å². The zero-order valence-electron chi connectivity index (χ0n) is 13.2. The van der Waals surface area contributed by atoms with E-state index < -0.39 is 12.0 Å². The normalized spacial score (nSPS) is 19.6. The van der Waals surface area contributed by atoms with Gasteiger partial charge in [0.05, 0.1) is 6.04 Å². The summed E-state index contributed by atoms with van der Waals surface area (Å²) < 4.78 is 11.5. The second-order valence-electron chi connectivity index (χ2n) is 5.79. The van der Waals surface area contributed by atoms with E-state index in [0.29, 0.717) is 18.1 Å². The van der Waals surface area contributed by atoms with Crippen LogP contribution in [0.4, 0.5) is 0 Å². The molecule has 0 aromatic heterocycles. The summed E-state index contributed by atoms with van der Waals surface area (Å²) in [6, 6.07) is 7.37. The first kappa shape index (κ1) is 16.6. The molecule has 0 aliphatic carbocycles. The number of benzene rings is 1. The summed E-state index contributed by atoms with van der Waals surface area (Å²) in [5, 5.41) is 15.6. The van der Waals surface area contributed by atoms with Gasteiger partial charge in [-0.1, -0.05) is 26.0 Å². The maximum atomic E-state index is 12.0. The smallest absolute Gasteiger partial charge is 0.250 e. The molecule has 0 saturated carbocycles. The zero-order valence-corrected chi connectivity index (χ0v) is 13.2. The third kappa shape index (κ3) is 4.35. The molecule has 3 N–H and O–H groups in total. The van der Waals surface area contributed by atoms with E-state index in [1.165, 1.54) is 0 Å². The lowest BCUT2D eigenvalue weighted by atomic mass is 10.1. The standard InChI is InChI=1S/C16H24N2O4/c1-10(2)17-8-12(19)16(20)18-11(3)15-9-21-13-6-4-5-7-14(13)22-15/h4-7,10-12,15,17,19H,8-9H2,1-3H3,(H,18,20)/t11-,12-,15-/m1/s1. The summed E-state index contributed by atoms with van der Waals surface area (Å²) in [4.78, 5) is 12.0. The average molecular weight is 308 g/mol. The maximum Gasteiger partial charge on any atom is 0.250 e. The number of aliphatic hydroxyl groups excluding tert-OH is 1. The van der Waals surface area contributed by atoms with Crippen molar-refractivity contribution in [3.63, 3.8) is 0 Å². The Kier molecular flexibility index (Phi) is 5.63. The highest BCUT2D eigenvalue weighted by molar-refractivity contribution is 5.81. The van der Waals surface area contributed by atoms with Crippen molar-refractivity contribution in [3.8, 4) is 11.5 Å². The van der Waals surface area contributed by atoms with E-state index in [0.717, 1.165) is 0 Å². The van der Waals surface area contributed by atoms with Gasteiger partial charge in [0.2, 0.25) is 0 Å². The number of hydrogen-bond donors (Lipinski definition) is 3. The number of nitrogens with one attached hydrogen (secondary N) is 2. The third-order valence-corrected chi connectivity index (χ3v) is 3.48. The Morgan fingerprint density at radius 3 is 2.68 bits per heavy atom. The van der Waals surface area contributed by atoms with Crippen LogP contribution in [0, 0.1) is 0 Å². The molecule has 0 spiro atoms. The Morgan fingerprint density at radius 2 is 2.00 bits per heavy atom. The monoisotopic (exact) mass is 308 g/mol. The Balaban J connectivity index is 1.85. The molecule has 0 unspecified atom stereocenters. The topological polar surface area (TPSA) is 79.8 Å². The van der Waals surface area contributed by atoms with Crippen LogP contribution in [0.1, 0.15) is 20.8 Å². The second-order valence-corrected chi connectivity index (χ2v) is 5.79. The molecule has 1 aromatic carbocycles. The lowest BCUT2D eigenvalue weighted by Gasteiger charge is -2.31. The minimum Gasteiger partial charge on any atom is -0.486 e. The van der Waals surface area contributed by atoms with E-state index in [-0.39, 0.29) is 24.7 Å². The van der Waals surface area contributed by atoms with Crippen LogP contribution in [0.5, 0.6) is 11.5 Å². The predicted octanol–water partition coefficient (Wildman–Crippen LogP) is 0.690. The SMILES string of the molecule is CC(C)NC[C@@H](O)C(=O)N[C@H](C)[C@H]1COc2ccccc2O1. The molecule has 0 radical (unpaired) electrons. The van der Waals surface area contributed by atoms with Crippen molar-refractivity contribution in [1.29, 1.82) is 0 Å². The Hall–Kier alpha value is -1.79. The Bertz CT molecular complexity index is 507. The summed E-state index contributed by atoms with van der Waals surface area (Å²) in [5.41, 5.74) is 0. The Labute approximate surface area is 130 Å². The molecule has 6 heteroatoms. The second kappa shape index (κ2) is 7.47. The van der Waals surface area contributed by atoms with E-state index in [1.54, 1.807) is 0 Å². The van der Waals surface area contributed by atoms with Crippen molar-refractivity contribution >= 4 is 5.91 Å². The van der Waals surface area contributed by atoms with Crippen LogP contribution >= 0.6 is 0 Å². The van der Waals surface area contributed by atoms with E-state index in [1.807, 2.05) is 45.0 Å². The molecule has 122 valence electrons. The number of amides is 1. The van der Waals surface area contributed by atoms with Crippen molar-refractivity contribution in [2.75, 3.05) is 13.2 Å². The van der Waals surface area contributed by atoms with Crippen molar-refractivity contribution in [2.45, 2.75) is 45.1 Å². The Morgan fingerprint density at radius 1 is 1.32 bits per heavy atom. The largest absolute Gasteiger partial charge is 0.486 e. The minimum atomic E-state index is -1.08. The van der Waals surface area contributed by atoms with E-state index >= 15 is 0 Å². The lowest BCUT2D eigenvalue weighted by Crippen LogP contribution is -2.52. The van der Waals surface area contributed by atoms with E-state index in [9.17, 15) is 9.90 Å². The molecular weight excluding hydrogens is 284 g/mol. The number of rotatable bonds is 6. The lowest BCUT2D eigenvalue weighted by molar-refractivity contribution is -0.130. The molecule has 6 nitrogen and oxygen atoms in total.